The lowest BCUT2D eigenvalue weighted by Gasteiger charge is -2.19. The summed E-state index contributed by atoms with van der Waals surface area (Å²) in [5.74, 6) is 0.794. The van der Waals surface area contributed by atoms with Gasteiger partial charge in [0.25, 0.3) is 0 Å². The van der Waals surface area contributed by atoms with Crippen LogP contribution >= 0.6 is 11.6 Å². The molecule has 1 aliphatic rings. The molecule has 3 nitrogen and oxygen atoms in total. The Kier molecular flexibility index (Phi) is 5.65. The smallest absolute Gasteiger partial charge is 0.180 e. The van der Waals surface area contributed by atoms with E-state index >= 15 is 0 Å². The van der Waals surface area contributed by atoms with Crippen molar-refractivity contribution in [2.45, 2.75) is 40.0 Å². The first-order valence-corrected chi connectivity index (χ1v) is 8.10. The summed E-state index contributed by atoms with van der Waals surface area (Å²) in [5.41, 5.74) is 2.45. The summed E-state index contributed by atoms with van der Waals surface area (Å²) in [7, 11) is 0. The van der Waals surface area contributed by atoms with Gasteiger partial charge in [-0.05, 0) is 63.4 Å². The molecule has 0 spiro atoms. The van der Waals surface area contributed by atoms with Crippen molar-refractivity contribution in [3.05, 3.63) is 27.8 Å². The SMILES string of the molecule is CCCOc1cc(C)c(Cl)c(C)c1C(=O)CN1CCCC1. The van der Waals surface area contributed by atoms with Crippen molar-refractivity contribution in [1.82, 2.24) is 4.90 Å². The van der Waals surface area contributed by atoms with Gasteiger partial charge in [-0.2, -0.15) is 0 Å². The van der Waals surface area contributed by atoms with E-state index < -0.39 is 0 Å². The molecule has 0 aromatic heterocycles. The van der Waals surface area contributed by atoms with Crippen molar-refractivity contribution in [3.8, 4) is 5.75 Å². The number of Topliss-reactive ketones (excluding diaryl/α,β-unsaturated/α-hetero) is 1. The molecule has 0 unspecified atom stereocenters. The summed E-state index contributed by atoms with van der Waals surface area (Å²) < 4.78 is 5.79. The van der Waals surface area contributed by atoms with Crippen LogP contribution in [0.5, 0.6) is 5.75 Å². The molecule has 1 aliphatic heterocycles. The molecular weight excluding hydrogens is 286 g/mol. The summed E-state index contributed by atoms with van der Waals surface area (Å²) in [6.45, 7) is 9.01. The average Bonchev–Trinajstić information content (AvgIpc) is 2.95. The minimum Gasteiger partial charge on any atom is -0.493 e. The Labute approximate surface area is 132 Å². The number of benzene rings is 1. The molecule has 0 bridgehead atoms. The molecule has 2 rings (SSSR count). The molecular formula is C17H24ClNO2. The number of rotatable bonds is 6. The lowest BCUT2D eigenvalue weighted by Crippen LogP contribution is -2.27. The maximum absolute atomic E-state index is 12.7. The molecule has 1 aromatic rings. The first-order chi connectivity index (χ1) is 10.0. The minimum atomic E-state index is 0.113. The number of hydrogen-bond acceptors (Lipinski definition) is 3. The monoisotopic (exact) mass is 309 g/mol. The van der Waals surface area contributed by atoms with E-state index in [9.17, 15) is 4.79 Å². The Morgan fingerprint density at radius 1 is 1.33 bits per heavy atom. The van der Waals surface area contributed by atoms with Crippen LogP contribution in [-0.2, 0) is 0 Å². The highest BCUT2D eigenvalue weighted by Crippen LogP contribution is 2.32. The molecule has 116 valence electrons. The maximum atomic E-state index is 12.7. The zero-order valence-corrected chi connectivity index (χ0v) is 13.9. The molecule has 21 heavy (non-hydrogen) atoms. The predicted octanol–water partition coefficient (Wildman–Crippen LogP) is 4.02. The summed E-state index contributed by atoms with van der Waals surface area (Å²) in [6, 6.07) is 1.89. The molecule has 0 saturated carbocycles. The van der Waals surface area contributed by atoms with Crippen LogP contribution in [0.3, 0.4) is 0 Å². The van der Waals surface area contributed by atoms with Crippen molar-refractivity contribution in [2.75, 3.05) is 26.2 Å². The predicted molar refractivity (Wildman–Crippen MR) is 86.7 cm³/mol. The number of hydrogen-bond donors (Lipinski definition) is 0. The summed E-state index contributed by atoms with van der Waals surface area (Å²) in [6.07, 6.45) is 3.28. The average molecular weight is 310 g/mol. The fourth-order valence-electron chi connectivity index (χ4n) is 2.82. The zero-order chi connectivity index (χ0) is 15.4. The van der Waals surface area contributed by atoms with Crippen molar-refractivity contribution in [3.63, 3.8) is 0 Å². The first kappa shape index (κ1) is 16.3. The summed E-state index contributed by atoms with van der Waals surface area (Å²) in [5, 5.41) is 0.670. The lowest BCUT2D eigenvalue weighted by atomic mass is 10.00. The van der Waals surface area contributed by atoms with Gasteiger partial charge in [0.05, 0.1) is 18.7 Å². The van der Waals surface area contributed by atoms with Crippen LogP contribution in [-0.4, -0.2) is 36.9 Å². The number of ketones is 1. The van der Waals surface area contributed by atoms with E-state index in [4.69, 9.17) is 16.3 Å². The molecule has 1 heterocycles. The van der Waals surface area contributed by atoms with E-state index in [1.807, 2.05) is 19.9 Å². The Morgan fingerprint density at radius 3 is 2.62 bits per heavy atom. The van der Waals surface area contributed by atoms with Crippen LogP contribution in [0, 0.1) is 13.8 Å². The second kappa shape index (κ2) is 7.28. The number of carbonyl (C=O) groups is 1. The van der Waals surface area contributed by atoms with E-state index in [-0.39, 0.29) is 5.78 Å². The molecule has 4 heteroatoms. The molecule has 0 N–H and O–H groups in total. The molecule has 0 amide bonds. The number of carbonyl (C=O) groups excluding carboxylic acids is 1. The second-order valence-corrected chi connectivity index (χ2v) is 6.14. The van der Waals surface area contributed by atoms with Gasteiger partial charge in [0.1, 0.15) is 5.75 Å². The number of likely N-dealkylation sites (tertiary alicyclic amines) is 1. The first-order valence-electron chi connectivity index (χ1n) is 7.72. The van der Waals surface area contributed by atoms with Gasteiger partial charge < -0.3 is 4.74 Å². The summed E-state index contributed by atoms with van der Waals surface area (Å²) >= 11 is 6.33. The van der Waals surface area contributed by atoms with Gasteiger partial charge in [0.15, 0.2) is 5.78 Å². The molecule has 1 fully saturated rings. The van der Waals surface area contributed by atoms with Gasteiger partial charge in [-0.1, -0.05) is 18.5 Å². The van der Waals surface area contributed by atoms with Gasteiger partial charge in [-0.3, -0.25) is 9.69 Å². The topological polar surface area (TPSA) is 29.5 Å². The van der Waals surface area contributed by atoms with E-state index in [2.05, 4.69) is 11.8 Å². The zero-order valence-electron chi connectivity index (χ0n) is 13.2. The van der Waals surface area contributed by atoms with Gasteiger partial charge >= 0.3 is 0 Å². The van der Waals surface area contributed by atoms with Crippen LogP contribution in [0.25, 0.3) is 0 Å². The second-order valence-electron chi connectivity index (χ2n) is 5.76. The third kappa shape index (κ3) is 3.78. The van der Waals surface area contributed by atoms with Gasteiger partial charge in [-0.15, -0.1) is 0 Å². The van der Waals surface area contributed by atoms with Crippen molar-refractivity contribution in [1.29, 1.82) is 0 Å². The van der Waals surface area contributed by atoms with E-state index in [0.717, 1.165) is 30.6 Å². The van der Waals surface area contributed by atoms with E-state index in [1.54, 1.807) is 0 Å². The van der Waals surface area contributed by atoms with Crippen LogP contribution in [0.2, 0.25) is 5.02 Å². The van der Waals surface area contributed by atoms with Crippen molar-refractivity contribution >= 4 is 17.4 Å². The fraction of sp³-hybridized carbons (Fsp3) is 0.588. The Hall–Kier alpha value is -1.06. The number of ether oxygens (including phenoxy) is 1. The van der Waals surface area contributed by atoms with Crippen LogP contribution in [0.4, 0.5) is 0 Å². The van der Waals surface area contributed by atoms with Gasteiger partial charge in [-0.25, -0.2) is 0 Å². The van der Waals surface area contributed by atoms with Crippen molar-refractivity contribution < 1.29 is 9.53 Å². The Morgan fingerprint density at radius 2 is 2.00 bits per heavy atom. The number of halogens is 1. The number of aryl methyl sites for hydroxylation is 1. The van der Waals surface area contributed by atoms with Crippen LogP contribution < -0.4 is 4.74 Å². The third-order valence-corrected chi connectivity index (χ3v) is 4.53. The Balaban J connectivity index is 2.29. The van der Waals surface area contributed by atoms with Crippen molar-refractivity contribution in [2.24, 2.45) is 0 Å². The standard InChI is InChI=1S/C17H24ClNO2/c1-4-9-21-15-10-12(2)17(18)13(3)16(15)14(20)11-19-7-5-6-8-19/h10H,4-9,11H2,1-3H3. The Bertz CT molecular complexity index is 522. The molecule has 0 radical (unpaired) electrons. The van der Waals surface area contributed by atoms with E-state index in [0.29, 0.717) is 29.5 Å². The highest BCUT2D eigenvalue weighted by molar-refractivity contribution is 6.32. The van der Waals surface area contributed by atoms with Gasteiger partial charge in [0, 0.05) is 5.02 Å². The normalized spacial score (nSPS) is 15.4. The highest BCUT2D eigenvalue weighted by Gasteiger charge is 2.23. The maximum Gasteiger partial charge on any atom is 0.180 e. The quantitative estimate of drug-likeness (QED) is 0.743. The van der Waals surface area contributed by atoms with Crippen LogP contribution in [0.1, 0.15) is 47.7 Å². The van der Waals surface area contributed by atoms with E-state index in [1.165, 1.54) is 12.8 Å². The largest absolute Gasteiger partial charge is 0.493 e. The fourth-order valence-corrected chi connectivity index (χ4v) is 2.97. The highest BCUT2D eigenvalue weighted by atomic mass is 35.5. The number of nitrogens with zero attached hydrogens (tertiary/aromatic N) is 1. The third-order valence-electron chi connectivity index (χ3n) is 3.95. The lowest BCUT2D eigenvalue weighted by molar-refractivity contribution is 0.0940. The molecule has 0 aliphatic carbocycles. The molecule has 1 aromatic carbocycles. The summed E-state index contributed by atoms with van der Waals surface area (Å²) in [4.78, 5) is 14.9. The van der Waals surface area contributed by atoms with Crippen LogP contribution in [0.15, 0.2) is 6.07 Å². The van der Waals surface area contributed by atoms with Gasteiger partial charge in [0.2, 0.25) is 0 Å². The molecule has 0 atom stereocenters. The minimum absolute atomic E-state index is 0.113. The molecule has 1 saturated heterocycles.